The van der Waals surface area contributed by atoms with Crippen molar-refractivity contribution in [3.63, 3.8) is 0 Å². The van der Waals surface area contributed by atoms with Crippen LogP contribution < -0.4 is 14.8 Å². The number of hydrogen-bond acceptors (Lipinski definition) is 4. The molecule has 0 aliphatic heterocycles. The molecule has 7 heteroatoms. The van der Waals surface area contributed by atoms with Crippen LogP contribution in [0.2, 0.25) is 0 Å². The van der Waals surface area contributed by atoms with Crippen molar-refractivity contribution in [1.82, 2.24) is 10.0 Å². The van der Waals surface area contributed by atoms with Crippen LogP contribution in [0.1, 0.15) is 27.2 Å². The lowest BCUT2D eigenvalue weighted by molar-refractivity contribution is 0.271. The first-order valence-corrected chi connectivity index (χ1v) is 8.87. The highest BCUT2D eigenvalue weighted by Gasteiger charge is 2.13. The molecule has 0 fully saturated rings. The fourth-order valence-corrected chi connectivity index (χ4v) is 2.67. The van der Waals surface area contributed by atoms with Crippen molar-refractivity contribution < 1.29 is 13.2 Å². The lowest BCUT2D eigenvalue weighted by atomic mass is 10.2. The molecule has 22 heavy (non-hydrogen) atoms. The van der Waals surface area contributed by atoms with E-state index in [2.05, 4.69) is 30.8 Å². The molecule has 0 bridgehead atoms. The molecule has 0 unspecified atom stereocenters. The summed E-state index contributed by atoms with van der Waals surface area (Å²) in [6, 6.07) is 6.51. The Bertz CT molecular complexity index is 504. The second-order valence-electron chi connectivity index (χ2n) is 5.32. The number of rotatable bonds is 10. The van der Waals surface area contributed by atoms with Gasteiger partial charge in [0, 0.05) is 13.1 Å². The molecule has 0 atom stereocenters. The van der Waals surface area contributed by atoms with Crippen LogP contribution in [0, 0.1) is 5.92 Å². The molecule has 0 spiro atoms. The van der Waals surface area contributed by atoms with E-state index in [4.69, 9.17) is 4.74 Å². The van der Waals surface area contributed by atoms with E-state index in [1.165, 1.54) is 0 Å². The summed E-state index contributed by atoms with van der Waals surface area (Å²) in [5.41, 5.74) is 0. The maximum atomic E-state index is 12.1. The molecule has 5 nitrogen and oxygen atoms in total. The van der Waals surface area contributed by atoms with Gasteiger partial charge in [-0.1, -0.05) is 20.8 Å². The Balaban J connectivity index is 0.00000441. The van der Waals surface area contributed by atoms with Crippen molar-refractivity contribution in [2.45, 2.75) is 32.1 Å². The molecule has 0 aromatic heterocycles. The van der Waals surface area contributed by atoms with Crippen LogP contribution in [0.4, 0.5) is 0 Å². The summed E-state index contributed by atoms with van der Waals surface area (Å²) in [5.74, 6) is 1.12. The molecule has 0 amide bonds. The highest BCUT2D eigenvalue weighted by molar-refractivity contribution is 7.89. The van der Waals surface area contributed by atoms with Crippen LogP contribution in [-0.4, -0.2) is 34.7 Å². The SMILES string of the molecule is CCCNCCNS(=O)(=O)c1ccc(OCC(C)C)cc1.Cl. The summed E-state index contributed by atoms with van der Waals surface area (Å²) in [7, 11) is -3.44. The summed E-state index contributed by atoms with van der Waals surface area (Å²) in [6.45, 7) is 8.72. The average Bonchev–Trinajstić information content (AvgIpc) is 2.45. The summed E-state index contributed by atoms with van der Waals surface area (Å²) >= 11 is 0. The van der Waals surface area contributed by atoms with Gasteiger partial charge in [-0.15, -0.1) is 12.4 Å². The predicted molar refractivity (Wildman–Crippen MR) is 92.4 cm³/mol. The highest BCUT2D eigenvalue weighted by Crippen LogP contribution is 2.16. The summed E-state index contributed by atoms with van der Waals surface area (Å²) in [5, 5.41) is 3.15. The summed E-state index contributed by atoms with van der Waals surface area (Å²) in [6.07, 6.45) is 1.03. The van der Waals surface area contributed by atoms with Crippen LogP contribution in [0.15, 0.2) is 29.2 Å². The number of hydrogen-bond donors (Lipinski definition) is 2. The Morgan fingerprint density at radius 2 is 1.73 bits per heavy atom. The van der Waals surface area contributed by atoms with Crippen molar-refractivity contribution in [3.05, 3.63) is 24.3 Å². The van der Waals surface area contributed by atoms with Crippen LogP contribution in [0.5, 0.6) is 5.75 Å². The van der Waals surface area contributed by atoms with Gasteiger partial charge in [0.25, 0.3) is 0 Å². The first-order chi connectivity index (χ1) is 9.95. The van der Waals surface area contributed by atoms with Crippen LogP contribution >= 0.6 is 12.4 Å². The molecule has 0 saturated carbocycles. The Morgan fingerprint density at radius 3 is 2.27 bits per heavy atom. The fraction of sp³-hybridized carbons (Fsp3) is 0.600. The van der Waals surface area contributed by atoms with Gasteiger partial charge >= 0.3 is 0 Å². The minimum absolute atomic E-state index is 0. The van der Waals surface area contributed by atoms with Gasteiger partial charge in [-0.25, -0.2) is 13.1 Å². The highest BCUT2D eigenvalue weighted by atomic mass is 35.5. The minimum Gasteiger partial charge on any atom is -0.493 e. The first kappa shape index (κ1) is 21.2. The Labute approximate surface area is 140 Å². The minimum atomic E-state index is -3.44. The Kier molecular flexibility index (Phi) is 10.4. The monoisotopic (exact) mass is 350 g/mol. The molecule has 1 aromatic rings. The second-order valence-corrected chi connectivity index (χ2v) is 7.09. The lowest BCUT2D eigenvalue weighted by Crippen LogP contribution is -2.32. The third kappa shape index (κ3) is 7.98. The normalized spacial score (nSPS) is 11.3. The van der Waals surface area contributed by atoms with Gasteiger partial charge in [0.15, 0.2) is 0 Å². The number of benzene rings is 1. The number of nitrogens with one attached hydrogen (secondary N) is 2. The van der Waals surface area contributed by atoms with Gasteiger partial charge in [0.05, 0.1) is 11.5 Å². The molecular formula is C15H27ClN2O3S. The van der Waals surface area contributed by atoms with Gasteiger partial charge in [0.1, 0.15) is 5.75 Å². The molecule has 0 radical (unpaired) electrons. The van der Waals surface area contributed by atoms with E-state index in [-0.39, 0.29) is 17.3 Å². The number of ether oxygens (including phenoxy) is 1. The van der Waals surface area contributed by atoms with Gasteiger partial charge in [-0.2, -0.15) is 0 Å². The summed E-state index contributed by atoms with van der Waals surface area (Å²) < 4.78 is 32.2. The topological polar surface area (TPSA) is 67.4 Å². The largest absolute Gasteiger partial charge is 0.493 e. The molecule has 0 saturated heterocycles. The van der Waals surface area contributed by atoms with Crippen molar-refractivity contribution in [3.8, 4) is 5.75 Å². The maximum absolute atomic E-state index is 12.1. The van der Waals surface area contributed by atoms with E-state index in [1.807, 2.05) is 0 Å². The third-order valence-electron chi connectivity index (χ3n) is 2.74. The Morgan fingerprint density at radius 1 is 1.09 bits per heavy atom. The van der Waals surface area contributed by atoms with E-state index in [0.717, 1.165) is 13.0 Å². The zero-order chi connectivity index (χ0) is 15.7. The zero-order valence-electron chi connectivity index (χ0n) is 13.5. The van der Waals surface area contributed by atoms with Gasteiger partial charge in [0.2, 0.25) is 10.0 Å². The quantitative estimate of drug-likeness (QED) is 0.636. The average molecular weight is 351 g/mol. The van der Waals surface area contributed by atoms with E-state index in [1.54, 1.807) is 24.3 Å². The number of sulfonamides is 1. The van der Waals surface area contributed by atoms with Crippen molar-refractivity contribution >= 4 is 22.4 Å². The Hall–Kier alpha value is -0.820. The van der Waals surface area contributed by atoms with Crippen molar-refractivity contribution in [2.75, 3.05) is 26.2 Å². The molecule has 0 heterocycles. The van der Waals surface area contributed by atoms with E-state index in [9.17, 15) is 8.42 Å². The van der Waals surface area contributed by atoms with E-state index in [0.29, 0.717) is 31.4 Å². The van der Waals surface area contributed by atoms with Crippen molar-refractivity contribution in [2.24, 2.45) is 5.92 Å². The lowest BCUT2D eigenvalue weighted by Gasteiger charge is -2.10. The molecule has 128 valence electrons. The van der Waals surface area contributed by atoms with Gasteiger partial charge in [-0.05, 0) is 43.1 Å². The first-order valence-electron chi connectivity index (χ1n) is 7.39. The van der Waals surface area contributed by atoms with E-state index >= 15 is 0 Å². The molecule has 1 aromatic carbocycles. The number of halogens is 1. The van der Waals surface area contributed by atoms with Gasteiger partial charge < -0.3 is 10.1 Å². The van der Waals surface area contributed by atoms with Crippen LogP contribution in [-0.2, 0) is 10.0 Å². The maximum Gasteiger partial charge on any atom is 0.240 e. The third-order valence-corrected chi connectivity index (χ3v) is 4.21. The standard InChI is InChI=1S/C15H26N2O3S.ClH/c1-4-9-16-10-11-17-21(18,19)15-7-5-14(6-8-15)20-12-13(2)3;/h5-8,13,16-17H,4,9-12H2,1-3H3;1H. The van der Waals surface area contributed by atoms with Gasteiger partial charge in [-0.3, -0.25) is 0 Å². The molecular weight excluding hydrogens is 324 g/mol. The predicted octanol–water partition coefficient (Wildman–Crippen LogP) is 2.42. The van der Waals surface area contributed by atoms with Crippen LogP contribution in [0.3, 0.4) is 0 Å². The molecule has 1 rings (SSSR count). The molecule has 2 N–H and O–H groups in total. The van der Waals surface area contributed by atoms with Crippen LogP contribution in [0.25, 0.3) is 0 Å². The second kappa shape index (κ2) is 10.8. The smallest absolute Gasteiger partial charge is 0.240 e. The molecule has 0 aliphatic rings. The zero-order valence-corrected chi connectivity index (χ0v) is 15.1. The molecule has 0 aliphatic carbocycles. The van der Waals surface area contributed by atoms with E-state index < -0.39 is 10.0 Å². The van der Waals surface area contributed by atoms with Crippen molar-refractivity contribution in [1.29, 1.82) is 0 Å². The fourth-order valence-electron chi connectivity index (χ4n) is 1.64. The summed E-state index contributed by atoms with van der Waals surface area (Å²) in [4.78, 5) is 0.259.